The molecule has 7 heteroatoms. The van der Waals surface area contributed by atoms with Gasteiger partial charge in [0.05, 0.1) is 31.9 Å². The second kappa shape index (κ2) is 9.77. The van der Waals surface area contributed by atoms with Gasteiger partial charge in [-0.1, -0.05) is 31.2 Å². The lowest BCUT2D eigenvalue weighted by molar-refractivity contribution is -0.139. The molecule has 0 radical (unpaired) electrons. The Bertz CT molecular complexity index is 1040. The summed E-state index contributed by atoms with van der Waals surface area (Å²) in [5, 5.41) is 11.2. The van der Waals surface area contributed by atoms with Crippen LogP contribution in [0.4, 0.5) is 0 Å². The molecule has 1 aliphatic rings. The number of carbonyl (C=O) groups excluding carboxylic acids is 2. The third-order valence-electron chi connectivity index (χ3n) is 5.21. The summed E-state index contributed by atoms with van der Waals surface area (Å²) in [5.74, 6) is -0.211. The highest BCUT2D eigenvalue weighted by atomic mass is 16.5. The van der Waals surface area contributed by atoms with Crippen molar-refractivity contribution in [3.05, 3.63) is 59.2 Å². The van der Waals surface area contributed by atoms with E-state index in [-0.39, 0.29) is 17.4 Å². The van der Waals surface area contributed by atoms with Gasteiger partial charge in [0, 0.05) is 17.7 Å². The monoisotopic (exact) mass is 439 g/mol. The Morgan fingerprint density at radius 1 is 1.09 bits per heavy atom. The van der Waals surface area contributed by atoms with Crippen molar-refractivity contribution in [1.82, 2.24) is 4.90 Å². The van der Waals surface area contributed by atoms with Gasteiger partial charge >= 0.3 is 0 Å². The fraction of sp³-hybridized carbons (Fsp3) is 0.360. The zero-order valence-corrected chi connectivity index (χ0v) is 19.0. The van der Waals surface area contributed by atoms with Crippen molar-refractivity contribution < 1.29 is 28.9 Å². The summed E-state index contributed by atoms with van der Waals surface area (Å²) < 4.78 is 16.7. The Morgan fingerprint density at radius 3 is 2.44 bits per heavy atom. The molecule has 0 saturated carbocycles. The Balaban J connectivity index is 2.23. The first kappa shape index (κ1) is 23.2. The number of carbonyl (C=O) groups is 2. The first-order chi connectivity index (χ1) is 15.3. The first-order valence-corrected chi connectivity index (χ1v) is 10.6. The van der Waals surface area contributed by atoms with E-state index >= 15 is 0 Å². The number of aliphatic hydroxyl groups excluding tert-OH is 1. The van der Waals surface area contributed by atoms with Crippen molar-refractivity contribution in [2.75, 3.05) is 20.8 Å². The van der Waals surface area contributed by atoms with E-state index in [1.54, 1.807) is 42.5 Å². The minimum Gasteiger partial charge on any atom is -0.507 e. The van der Waals surface area contributed by atoms with Crippen molar-refractivity contribution in [3.63, 3.8) is 0 Å². The number of Topliss-reactive ketones (excluding diaryl/α,β-unsaturated/α-hetero) is 1. The minimum atomic E-state index is -0.810. The van der Waals surface area contributed by atoms with Crippen LogP contribution in [0.2, 0.25) is 0 Å². The van der Waals surface area contributed by atoms with Gasteiger partial charge in [0.15, 0.2) is 11.5 Å². The SMILES string of the molecule is CCCN1C(=O)C(=O)/C(=C(/O)c2cccc(OC(C)C)c2)C1c1cccc(OC)c1OC. The average molecular weight is 440 g/mol. The third-order valence-corrected chi connectivity index (χ3v) is 5.21. The molecule has 1 N–H and O–H groups in total. The van der Waals surface area contributed by atoms with Crippen LogP contribution in [0.5, 0.6) is 17.2 Å². The van der Waals surface area contributed by atoms with Crippen molar-refractivity contribution >= 4 is 17.4 Å². The molecule has 1 heterocycles. The number of rotatable bonds is 8. The van der Waals surface area contributed by atoms with Gasteiger partial charge < -0.3 is 24.2 Å². The Labute approximate surface area is 188 Å². The lowest BCUT2D eigenvalue weighted by Crippen LogP contribution is -2.30. The molecular formula is C25H29NO6. The first-order valence-electron chi connectivity index (χ1n) is 10.6. The maximum absolute atomic E-state index is 13.1. The van der Waals surface area contributed by atoms with E-state index in [9.17, 15) is 14.7 Å². The van der Waals surface area contributed by atoms with Gasteiger partial charge in [-0.15, -0.1) is 0 Å². The fourth-order valence-electron chi connectivity index (χ4n) is 3.95. The van der Waals surface area contributed by atoms with Crippen LogP contribution < -0.4 is 14.2 Å². The second-order valence-corrected chi connectivity index (χ2v) is 7.77. The van der Waals surface area contributed by atoms with Gasteiger partial charge in [0.1, 0.15) is 11.5 Å². The number of methoxy groups -OCH3 is 2. The molecule has 0 aliphatic carbocycles. The summed E-state index contributed by atoms with van der Waals surface area (Å²) in [5.41, 5.74) is 0.969. The fourth-order valence-corrected chi connectivity index (χ4v) is 3.95. The van der Waals surface area contributed by atoms with Crippen LogP contribution in [0, 0.1) is 0 Å². The number of ketones is 1. The smallest absolute Gasteiger partial charge is 0.295 e. The number of hydrogen-bond donors (Lipinski definition) is 1. The number of ether oxygens (including phenoxy) is 3. The van der Waals surface area contributed by atoms with Gasteiger partial charge in [-0.3, -0.25) is 9.59 Å². The number of para-hydroxylation sites is 1. The Hall–Kier alpha value is -3.48. The molecule has 3 rings (SSSR count). The summed E-state index contributed by atoms with van der Waals surface area (Å²) in [4.78, 5) is 27.5. The van der Waals surface area contributed by atoms with Crippen LogP contribution in [0.25, 0.3) is 5.76 Å². The molecule has 1 aliphatic heterocycles. The average Bonchev–Trinajstić information content (AvgIpc) is 3.02. The minimum absolute atomic E-state index is 0.0108. The molecule has 1 amide bonds. The molecule has 0 aromatic heterocycles. The predicted molar refractivity (Wildman–Crippen MR) is 121 cm³/mol. The summed E-state index contributed by atoms with van der Waals surface area (Å²) in [7, 11) is 3.02. The molecule has 1 fully saturated rings. The van der Waals surface area contributed by atoms with Gasteiger partial charge in [0.2, 0.25) is 0 Å². The zero-order chi connectivity index (χ0) is 23.4. The summed E-state index contributed by atoms with van der Waals surface area (Å²) in [6, 6.07) is 11.3. The lowest BCUT2D eigenvalue weighted by atomic mass is 9.94. The summed E-state index contributed by atoms with van der Waals surface area (Å²) in [6.07, 6.45) is 0.594. The third kappa shape index (κ3) is 4.28. The molecule has 170 valence electrons. The molecule has 0 spiro atoms. The van der Waals surface area contributed by atoms with E-state index in [2.05, 4.69) is 0 Å². The molecule has 7 nitrogen and oxygen atoms in total. The number of benzene rings is 2. The molecule has 1 saturated heterocycles. The maximum Gasteiger partial charge on any atom is 0.295 e. The van der Waals surface area contributed by atoms with Gasteiger partial charge in [-0.2, -0.15) is 0 Å². The van der Waals surface area contributed by atoms with Crippen LogP contribution in [0.3, 0.4) is 0 Å². The van der Waals surface area contributed by atoms with Crippen molar-refractivity contribution in [2.45, 2.75) is 39.3 Å². The number of hydrogen-bond acceptors (Lipinski definition) is 6. The molecule has 32 heavy (non-hydrogen) atoms. The zero-order valence-electron chi connectivity index (χ0n) is 19.0. The number of nitrogens with zero attached hydrogens (tertiary/aromatic N) is 1. The highest BCUT2D eigenvalue weighted by molar-refractivity contribution is 6.46. The Morgan fingerprint density at radius 2 is 1.81 bits per heavy atom. The van der Waals surface area contributed by atoms with Gasteiger partial charge in [-0.05, 0) is 38.5 Å². The van der Waals surface area contributed by atoms with Crippen molar-refractivity contribution in [2.24, 2.45) is 0 Å². The van der Waals surface area contributed by atoms with Crippen molar-refractivity contribution in [1.29, 1.82) is 0 Å². The molecular weight excluding hydrogens is 410 g/mol. The molecule has 1 atom stereocenters. The van der Waals surface area contributed by atoms with E-state index in [0.29, 0.717) is 41.3 Å². The van der Waals surface area contributed by atoms with Crippen LogP contribution in [-0.2, 0) is 9.59 Å². The highest BCUT2D eigenvalue weighted by Crippen LogP contribution is 2.45. The standard InChI is InChI=1S/C25H29NO6/c1-6-13-26-21(18-11-8-12-19(30-4)24(18)31-5)20(23(28)25(26)29)22(27)16-9-7-10-17(14-16)32-15(2)3/h7-12,14-15,21,27H,6,13H2,1-5H3/b22-20+. The number of likely N-dealkylation sites (tertiary alicyclic amines) is 1. The summed E-state index contributed by atoms with van der Waals surface area (Å²) >= 11 is 0. The normalized spacial score (nSPS) is 17.7. The van der Waals surface area contributed by atoms with Gasteiger partial charge in [0.25, 0.3) is 11.7 Å². The lowest BCUT2D eigenvalue weighted by Gasteiger charge is -2.26. The van der Waals surface area contributed by atoms with E-state index in [1.165, 1.54) is 19.1 Å². The molecule has 0 bridgehead atoms. The molecule has 1 unspecified atom stereocenters. The Kier molecular flexibility index (Phi) is 7.08. The van der Waals surface area contributed by atoms with Crippen LogP contribution in [-0.4, -0.2) is 48.6 Å². The predicted octanol–water partition coefficient (Wildman–Crippen LogP) is 4.32. The van der Waals surface area contributed by atoms with Crippen LogP contribution in [0.15, 0.2) is 48.0 Å². The van der Waals surface area contributed by atoms with Crippen molar-refractivity contribution in [3.8, 4) is 17.2 Å². The van der Waals surface area contributed by atoms with Gasteiger partial charge in [-0.25, -0.2) is 0 Å². The topological polar surface area (TPSA) is 85.3 Å². The van der Waals surface area contributed by atoms with E-state index in [1.807, 2.05) is 20.8 Å². The van der Waals surface area contributed by atoms with Crippen LogP contribution in [0.1, 0.15) is 44.4 Å². The van der Waals surface area contributed by atoms with E-state index in [0.717, 1.165) is 0 Å². The number of amides is 1. The highest BCUT2D eigenvalue weighted by Gasteiger charge is 2.47. The van der Waals surface area contributed by atoms with E-state index < -0.39 is 17.7 Å². The molecule has 2 aromatic rings. The van der Waals surface area contributed by atoms with E-state index in [4.69, 9.17) is 14.2 Å². The largest absolute Gasteiger partial charge is 0.507 e. The molecule has 2 aromatic carbocycles. The maximum atomic E-state index is 13.1. The number of aliphatic hydroxyl groups is 1. The second-order valence-electron chi connectivity index (χ2n) is 7.77. The summed E-state index contributed by atoms with van der Waals surface area (Å²) in [6.45, 7) is 6.07. The van der Waals surface area contributed by atoms with Crippen LogP contribution >= 0.6 is 0 Å². The quantitative estimate of drug-likeness (QED) is 0.375.